The van der Waals surface area contributed by atoms with Gasteiger partial charge < -0.3 is 0 Å². The van der Waals surface area contributed by atoms with Crippen molar-refractivity contribution >= 4 is 17.1 Å². The van der Waals surface area contributed by atoms with Crippen molar-refractivity contribution in [2.24, 2.45) is 0 Å². The first kappa shape index (κ1) is 9.66. The summed E-state index contributed by atoms with van der Waals surface area (Å²) in [5.74, 6) is 0.0250. The van der Waals surface area contributed by atoms with Gasteiger partial charge in [0.15, 0.2) is 5.78 Å². The molecule has 0 aliphatic heterocycles. The highest BCUT2D eigenvalue weighted by atomic mass is 32.1. The number of pyridine rings is 1. The standard InChI is InChI=1S/C12H10N2OS/c15-12(10-6-16-7-14-10)9-4-3-8-2-1-5-13-11(8)9/h1-2,5-7,9H,3-4H2. The molecule has 0 N–H and O–H groups in total. The Morgan fingerprint density at radius 3 is 3.19 bits per heavy atom. The van der Waals surface area contributed by atoms with Crippen molar-refractivity contribution in [3.63, 3.8) is 0 Å². The number of carbonyl (C=O) groups is 1. The monoisotopic (exact) mass is 230 g/mol. The van der Waals surface area contributed by atoms with Crippen LogP contribution >= 0.6 is 11.3 Å². The fraction of sp³-hybridized carbons (Fsp3) is 0.250. The van der Waals surface area contributed by atoms with E-state index < -0.39 is 0 Å². The number of aryl methyl sites for hydroxylation is 1. The van der Waals surface area contributed by atoms with E-state index in [-0.39, 0.29) is 11.7 Å². The Balaban J connectivity index is 1.96. The molecule has 3 nitrogen and oxygen atoms in total. The number of hydrogen-bond acceptors (Lipinski definition) is 4. The Morgan fingerprint density at radius 2 is 2.38 bits per heavy atom. The third-order valence-electron chi connectivity index (χ3n) is 2.96. The summed E-state index contributed by atoms with van der Waals surface area (Å²) in [6.45, 7) is 0. The van der Waals surface area contributed by atoms with E-state index >= 15 is 0 Å². The van der Waals surface area contributed by atoms with Crippen molar-refractivity contribution < 1.29 is 4.79 Å². The molecule has 16 heavy (non-hydrogen) atoms. The van der Waals surface area contributed by atoms with Gasteiger partial charge in [-0.1, -0.05) is 6.07 Å². The zero-order valence-corrected chi connectivity index (χ0v) is 9.41. The van der Waals surface area contributed by atoms with Gasteiger partial charge in [0.05, 0.1) is 17.1 Å². The van der Waals surface area contributed by atoms with Gasteiger partial charge in [0.25, 0.3) is 0 Å². The number of ketones is 1. The quantitative estimate of drug-likeness (QED) is 0.744. The van der Waals surface area contributed by atoms with Crippen LogP contribution in [0.25, 0.3) is 0 Å². The first-order valence-corrected chi connectivity index (χ1v) is 6.17. The van der Waals surface area contributed by atoms with Gasteiger partial charge in [0.1, 0.15) is 5.69 Å². The Labute approximate surface area is 97.2 Å². The normalized spacial score (nSPS) is 18.4. The molecular formula is C12H10N2OS. The number of rotatable bonds is 2. The lowest BCUT2D eigenvalue weighted by atomic mass is 9.99. The summed E-state index contributed by atoms with van der Waals surface area (Å²) in [7, 11) is 0. The van der Waals surface area contributed by atoms with E-state index in [1.807, 2.05) is 11.4 Å². The van der Waals surface area contributed by atoms with E-state index in [1.165, 1.54) is 16.9 Å². The third-order valence-corrected chi connectivity index (χ3v) is 3.55. The van der Waals surface area contributed by atoms with Gasteiger partial charge in [0, 0.05) is 11.6 Å². The first-order valence-electron chi connectivity index (χ1n) is 5.22. The molecule has 1 unspecified atom stereocenters. The number of nitrogens with zero attached hydrogens (tertiary/aromatic N) is 2. The maximum absolute atomic E-state index is 12.2. The highest BCUT2D eigenvalue weighted by molar-refractivity contribution is 7.07. The lowest BCUT2D eigenvalue weighted by Gasteiger charge is -2.06. The fourth-order valence-corrected chi connectivity index (χ4v) is 2.72. The molecule has 0 bridgehead atoms. The smallest absolute Gasteiger partial charge is 0.191 e. The van der Waals surface area contributed by atoms with Crippen LogP contribution in [0, 0.1) is 0 Å². The average molecular weight is 230 g/mol. The number of carbonyl (C=O) groups excluding carboxylic acids is 1. The number of aromatic nitrogens is 2. The molecule has 2 aromatic rings. The molecule has 1 aliphatic carbocycles. The zero-order valence-electron chi connectivity index (χ0n) is 8.59. The first-order chi connectivity index (χ1) is 7.86. The van der Waals surface area contributed by atoms with E-state index in [9.17, 15) is 4.79 Å². The maximum Gasteiger partial charge on any atom is 0.191 e. The van der Waals surface area contributed by atoms with Gasteiger partial charge in [-0.3, -0.25) is 9.78 Å². The minimum atomic E-state index is -0.0849. The van der Waals surface area contributed by atoms with Crippen molar-refractivity contribution in [3.8, 4) is 0 Å². The van der Waals surface area contributed by atoms with Crippen LogP contribution < -0.4 is 0 Å². The lowest BCUT2D eigenvalue weighted by molar-refractivity contribution is 0.0954. The average Bonchev–Trinajstić information content (AvgIpc) is 2.98. The molecule has 80 valence electrons. The van der Waals surface area contributed by atoms with Crippen LogP contribution in [0.4, 0.5) is 0 Å². The summed E-state index contributed by atoms with van der Waals surface area (Å²) < 4.78 is 0. The summed E-state index contributed by atoms with van der Waals surface area (Å²) in [5, 5.41) is 1.81. The molecule has 1 aliphatic rings. The van der Waals surface area contributed by atoms with E-state index in [0.29, 0.717) is 5.69 Å². The highest BCUT2D eigenvalue weighted by Crippen LogP contribution is 2.33. The molecule has 0 spiro atoms. The second-order valence-electron chi connectivity index (χ2n) is 3.88. The van der Waals surface area contributed by atoms with E-state index in [1.54, 1.807) is 11.7 Å². The second kappa shape index (κ2) is 3.79. The topological polar surface area (TPSA) is 42.9 Å². The van der Waals surface area contributed by atoms with Gasteiger partial charge in [-0.05, 0) is 24.5 Å². The molecule has 0 fully saturated rings. The van der Waals surface area contributed by atoms with E-state index in [0.717, 1.165) is 18.5 Å². The van der Waals surface area contributed by atoms with Gasteiger partial charge in [-0.2, -0.15) is 0 Å². The lowest BCUT2D eigenvalue weighted by Crippen LogP contribution is -2.11. The summed E-state index contributed by atoms with van der Waals surface area (Å²) >= 11 is 1.46. The second-order valence-corrected chi connectivity index (χ2v) is 4.60. The molecule has 0 saturated heterocycles. The highest BCUT2D eigenvalue weighted by Gasteiger charge is 2.31. The Hall–Kier alpha value is -1.55. The van der Waals surface area contributed by atoms with Crippen LogP contribution in [0.1, 0.15) is 34.1 Å². The van der Waals surface area contributed by atoms with E-state index in [4.69, 9.17) is 0 Å². The van der Waals surface area contributed by atoms with Crippen LogP contribution in [-0.2, 0) is 6.42 Å². The van der Waals surface area contributed by atoms with Crippen molar-refractivity contribution in [3.05, 3.63) is 46.2 Å². The Kier molecular flexibility index (Phi) is 2.29. The SMILES string of the molecule is O=C(c1cscn1)C1CCc2cccnc21. The van der Waals surface area contributed by atoms with Crippen LogP contribution in [0.5, 0.6) is 0 Å². The van der Waals surface area contributed by atoms with Crippen LogP contribution in [0.3, 0.4) is 0 Å². The molecule has 2 heterocycles. The predicted molar refractivity (Wildman–Crippen MR) is 61.7 cm³/mol. The zero-order chi connectivity index (χ0) is 11.0. The summed E-state index contributed by atoms with van der Waals surface area (Å²) in [4.78, 5) is 20.6. The van der Waals surface area contributed by atoms with Gasteiger partial charge in [0.2, 0.25) is 0 Å². The molecule has 1 atom stereocenters. The van der Waals surface area contributed by atoms with Gasteiger partial charge in [-0.15, -0.1) is 11.3 Å². The van der Waals surface area contributed by atoms with Crippen molar-refractivity contribution in [2.45, 2.75) is 18.8 Å². The molecule has 2 aromatic heterocycles. The summed E-state index contributed by atoms with van der Waals surface area (Å²) in [6.07, 6.45) is 3.57. The van der Waals surface area contributed by atoms with Gasteiger partial charge in [-0.25, -0.2) is 4.98 Å². The molecule has 3 rings (SSSR count). The van der Waals surface area contributed by atoms with Crippen LogP contribution in [0.15, 0.2) is 29.2 Å². The minimum absolute atomic E-state index is 0.0849. The molecule has 4 heteroatoms. The molecular weight excluding hydrogens is 220 g/mol. The Morgan fingerprint density at radius 1 is 1.44 bits per heavy atom. The number of fused-ring (bicyclic) bond motifs is 1. The molecule has 0 amide bonds. The number of hydrogen-bond donors (Lipinski definition) is 0. The minimum Gasteiger partial charge on any atom is -0.292 e. The van der Waals surface area contributed by atoms with Crippen LogP contribution in [0.2, 0.25) is 0 Å². The number of Topliss-reactive ketones (excluding diaryl/α,β-unsaturated/α-hetero) is 1. The van der Waals surface area contributed by atoms with Crippen molar-refractivity contribution in [2.75, 3.05) is 0 Å². The largest absolute Gasteiger partial charge is 0.292 e. The number of thiazole rings is 1. The summed E-state index contributed by atoms with van der Waals surface area (Å²) in [6, 6.07) is 3.98. The molecule has 0 aromatic carbocycles. The van der Waals surface area contributed by atoms with Crippen molar-refractivity contribution in [1.82, 2.24) is 9.97 Å². The van der Waals surface area contributed by atoms with Crippen molar-refractivity contribution in [1.29, 1.82) is 0 Å². The molecule has 0 radical (unpaired) electrons. The fourth-order valence-electron chi connectivity index (χ4n) is 2.18. The summed E-state index contributed by atoms with van der Waals surface area (Å²) in [5.41, 5.74) is 4.42. The molecule has 0 saturated carbocycles. The van der Waals surface area contributed by atoms with Crippen LogP contribution in [-0.4, -0.2) is 15.8 Å². The Bertz CT molecular complexity index is 522. The predicted octanol–water partition coefficient (Wildman–Crippen LogP) is 2.45. The third kappa shape index (κ3) is 1.46. The van der Waals surface area contributed by atoms with Gasteiger partial charge >= 0.3 is 0 Å². The maximum atomic E-state index is 12.2. The van der Waals surface area contributed by atoms with E-state index in [2.05, 4.69) is 16.0 Å².